The van der Waals surface area contributed by atoms with Crippen molar-refractivity contribution < 1.29 is 9.84 Å². The van der Waals surface area contributed by atoms with Gasteiger partial charge >= 0.3 is 0 Å². The molecule has 7 heteroatoms. The monoisotopic (exact) mass is 432 g/mol. The van der Waals surface area contributed by atoms with Gasteiger partial charge in [0.2, 0.25) is 0 Å². The van der Waals surface area contributed by atoms with Crippen LogP contribution < -0.4 is 10.1 Å². The summed E-state index contributed by atoms with van der Waals surface area (Å²) in [5, 5.41) is 15.0. The lowest BCUT2D eigenvalue weighted by Crippen LogP contribution is -2.49. The Morgan fingerprint density at radius 3 is 2.67 bits per heavy atom. The van der Waals surface area contributed by atoms with E-state index in [1.54, 1.807) is 11.3 Å². The van der Waals surface area contributed by atoms with Crippen molar-refractivity contribution >= 4 is 11.3 Å². The highest BCUT2D eigenvalue weighted by molar-refractivity contribution is 7.11. The van der Waals surface area contributed by atoms with Gasteiger partial charge in [0.25, 0.3) is 0 Å². The normalized spacial score (nSPS) is 16.7. The number of ether oxygens (including phenoxy) is 1. The number of nitrogens with one attached hydrogen (secondary N) is 1. The number of aromatic nitrogens is 1. The van der Waals surface area contributed by atoms with Crippen molar-refractivity contribution in [3.8, 4) is 5.75 Å². The Bertz CT molecular complexity index is 755. The zero-order chi connectivity index (χ0) is 21.3. The zero-order valence-electron chi connectivity index (χ0n) is 18.6. The summed E-state index contributed by atoms with van der Waals surface area (Å²) >= 11 is 1.79. The molecular weight excluding hydrogens is 396 g/mol. The SMILES string of the molecule is CCN1CCN(C[C@@H](O)COc2cccc(CNCCc3nc(C)c(C)s3)c2)CC1. The molecule has 1 aromatic carbocycles. The maximum absolute atomic E-state index is 10.4. The number of thiazole rings is 1. The summed E-state index contributed by atoms with van der Waals surface area (Å²) in [5.74, 6) is 0.815. The standard InChI is InChI=1S/C23H36N4O2S/c1-4-26-10-12-27(13-11-26)16-21(28)17-29-22-7-5-6-20(14-22)15-24-9-8-23-25-18(2)19(3)30-23/h5-7,14,21,24,28H,4,8-13,15-17H2,1-3H3/t21-/m1/s1. The maximum Gasteiger partial charge on any atom is 0.119 e. The Balaban J connectivity index is 1.35. The molecule has 1 fully saturated rings. The third kappa shape index (κ3) is 7.32. The molecule has 0 aliphatic carbocycles. The summed E-state index contributed by atoms with van der Waals surface area (Å²) in [6.45, 7) is 14.4. The summed E-state index contributed by atoms with van der Waals surface area (Å²) in [7, 11) is 0. The van der Waals surface area contributed by atoms with Crippen molar-refractivity contribution in [3.63, 3.8) is 0 Å². The van der Waals surface area contributed by atoms with Crippen LogP contribution in [0.3, 0.4) is 0 Å². The van der Waals surface area contributed by atoms with E-state index in [2.05, 4.69) is 53.0 Å². The topological polar surface area (TPSA) is 60.9 Å². The first-order chi connectivity index (χ1) is 14.5. The molecule has 2 N–H and O–H groups in total. The van der Waals surface area contributed by atoms with E-state index in [-0.39, 0.29) is 0 Å². The molecule has 2 heterocycles. The number of aliphatic hydroxyl groups excluding tert-OH is 1. The number of aryl methyl sites for hydroxylation is 2. The molecule has 0 radical (unpaired) electrons. The number of nitrogens with zero attached hydrogens (tertiary/aromatic N) is 3. The van der Waals surface area contributed by atoms with Crippen LogP contribution in [0.15, 0.2) is 24.3 Å². The number of aliphatic hydroxyl groups is 1. The second kappa shape index (κ2) is 11.8. The largest absolute Gasteiger partial charge is 0.491 e. The number of β-amino-alcohol motifs (C(OH)–C–C–N with tert-alkyl or cyclic N) is 1. The molecule has 6 nitrogen and oxygen atoms in total. The van der Waals surface area contributed by atoms with Crippen LogP contribution in [0.5, 0.6) is 5.75 Å². The van der Waals surface area contributed by atoms with Crippen LogP contribution in [-0.4, -0.2) is 78.4 Å². The fourth-order valence-electron chi connectivity index (χ4n) is 3.65. The molecule has 1 aliphatic heterocycles. The highest BCUT2D eigenvalue weighted by Crippen LogP contribution is 2.17. The Kier molecular flexibility index (Phi) is 9.08. The summed E-state index contributed by atoms with van der Waals surface area (Å²) in [4.78, 5) is 10.7. The third-order valence-corrected chi connectivity index (χ3v) is 6.77. The Hall–Kier alpha value is -1.51. The van der Waals surface area contributed by atoms with E-state index in [9.17, 15) is 5.11 Å². The highest BCUT2D eigenvalue weighted by Gasteiger charge is 2.18. The average Bonchev–Trinajstić information content (AvgIpc) is 3.08. The van der Waals surface area contributed by atoms with Gasteiger partial charge in [0, 0.05) is 57.1 Å². The number of hydrogen-bond donors (Lipinski definition) is 2. The molecule has 1 atom stereocenters. The Morgan fingerprint density at radius 2 is 1.97 bits per heavy atom. The van der Waals surface area contributed by atoms with Crippen molar-refractivity contribution in [2.75, 3.05) is 52.4 Å². The van der Waals surface area contributed by atoms with E-state index in [0.29, 0.717) is 13.2 Å². The molecule has 3 rings (SSSR count). The molecule has 1 saturated heterocycles. The van der Waals surface area contributed by atoms with Crippen LogP contribution in [0.25, 0.3) is 0 Å². The van der Waals surface area contributed by atoms with Crippen LogP contribution >= 0.6 is 11.3 Å². The van der Waals surface area contributed by atoms with Crippen LogP contribution in [0.2, 0.25) is 0 Å². The molecule has 0 unspecified atom stereocenters. The fourth-order valence-corrected chi connectivity index (χ4v) is 4.58. The maximum atomic E-state index is 10.4. The number of piperazine rings is 1. The number of benzene rings is 1. The van der Waals surface area contributed by atoms with Gasteiger partial charge in [-0.25, -0.2) is 4.98 Å². The van der Waals surface area contributed by atoms with Crippen molar-refractivity contribution in [2.45, 2.75) is 39.8 Å². The molecule has 0 saturated carbocycles. The van der Waals surface area contributed by atoms with Gasteiger partial charge in [0.15, 0.2) is 0 Å². The highest BCUT2D eigenvalue weighted by atomic mass is 32.1. The smallest absolute Gasteiger partial charge is 0.119 e. The van der Waals surface area contributed by atoms with Gasteiger partial charge in [-0.3, -0.25) is 4.90 Å². The van der Waals surface area contributed by atoms with E-state index < -0.39 is 6.10 Å². The Labute approximate surface area is 184 Å². The van der Waals surface area contributed by atoms with Crippen LogP contribution in [0.4, 0.5) is 0 Å². The van der Waals surface area contributed by atoms with Gasteiger partial charge in [-0.15, -0.1) is 11.3 Å². The van der Waals surface area contributed by atoms with E-state index in [1.807, 2.05) is 12.1 Å². The number of hydrogen-bond acceptors (Lipinski definition) is 7. The second-order valence-corrected chi connectivity index (χ2v) is 9.31. The van der Waals surface area contributed by atoms with Crippen LogP contribution in [-0.2, 0) is 13.0 Å². The summed E-state index contributed by atoms with van der Waals surface area (Å²) in [6, 6.07) is 8.12. The first-order valence-electron chi connectivity index (χ1n) is 11.0. The minimum absolute atomic E-state index is 0.327. The predicted molar refractivity (Wildman–Crippen MR) is 123 cm³/mol. The van der Waals surface area contributed by atoms with Gasteiger partial charge in [-0.05, 0) is 38.1 Å². The summed E-state index contributed by atoms with van der Waals surface area (Å²) < 4.78 is 5.86. The Morgan fingerprint density at radius 1 is 1.20 bits per heavy atom. The molecule has 2 aromatic rings. The van der Waals surface area contributed by atoms with Crippen molar-refractivity contribution in [1.82, 2.24) is 20.1 Å². The zero-order valence-corrected chi connectivity index (χ0v) is 19.4. The lowest BCUT2D eigenvalue weighted by molar-refractivity contribution is 0.0471. The van der Waals surface area contributed by atoms with Gasteiger partial charge in [-0.1, -0.05) is 19.1 Å². The minimum Gasteiger partial charge on any atom is -0.491 e. The molecule has 0 amide bonds. The average molecular weight is 433 g/mol. The van der Waals surface area contributed by atoms with Crippen molar-refractivity contribution in [1.29, 1.82) is 0 Å². The van der Waals surface area contributed by atoms with Crippen molar-refractivity contribution in [2.24, 2.45) is 0 Å². The van der Waals surface area contributed by atoms with E-state index >= 15 is 0 Å². The van der Waals surface area contributed by atoms with Gasteiger partial charge in [0.05, 0.1) is 10.7 Å². The van der Waals surface area contributed by atoms with Gasteiger partial charge < -0.3 is 20.1 Å². The lowest BCUT2D eigenvalue weighted by Gasteiger charge is -2.34. The number of rotatable bonds is 11. The van der Waals surface area contributed by atoms with E-state index in [4.69, 9.17) is 4.74 Å². The van der Waals surface area contributed by atoms with E-state index in [1.165, 1.54) is 15.4 Å². The summed E-state index contributed by atoms with van der Waals surface area (Å²) in [6.07, 6.45) is 0.485. The van der Waals surface area contributed by atoms with E-state index in [0.717, 1.165) is 63.7 Å². The molecule has 166 valence electrons. The first-order valence-corrected chi connectivity index (χ1v) is 11.8. The molecule has 30 heavy (non-hydrogen) atoms. The molecule has 0 bridgehead atoms. The van der Waals surface area contributed by atoms with Crippen LogP contribution in [0.1, 0.15) is 28.1 Å². The molecule has 1 aromatic heterocycles. The number of likely N-dealkylation sites (N-methyl/N-ethyl adjacent to an activating group) is 1. The quantitative estimate of drug-likeness (QED) is 0.532. The second-order valence-electron chi connectivity index (χ2n) is 8.02. The van der Waals surface area contributed by atoms with Gasteiger partial charge in [-0.2, -0.15) is 0 Å². The van der Waals surface area contributed by atoms with Gasteiger partial charge in [0.1, 0.15) is 18.5 Å². The lowest BCUT2D eigenvalue weighted by atomic mass is 10.2. The molecule has 1 aliphatic rings. The fraction of sp³-hybridized carbons (Fsp3) is 0.609. The molecule has 0 spiro atoms. The first kappa shape index (κ1) is 23.2. The third-order valence-electron chi connectivity index (χ3n) is 5.64. The van der Waals surface area contributed by atoms with Crippen LogP contribution in [0, 0.1) is 13.8 Å². The summed E-state index contributed by atoms with van der Waals surface area (Å²) in [5.41, 5.74) is 2.33. The van der Waals surface area contributed by atoms with Crippen molar-refractivity contribution in [3.05, 3.63) is 45.4 Å². The minimum atomic E-state index is -0.467. The predicted octanol–water partition coefficient (Wildman–Crippen LogP) is 2.47. The molecular formula is C23H36N4O2S.